The van der Waals surface area contributed by atoms with Gasteiger partial charge in [0.2, 0.25) is 5.91 Å². The quantitative estimate of drug-likeness (QED) is 0.357. The molecule has 0 aromatic heterocycles. The van der Waals surface area contributed by atoms with Crippen LogP contribution in [0.5, 0.6) is 0 Å². The molecule has 0 spiro atoms. The van der Waals surface area contributed by atoms with Crippen LogP contribution >= 0.6 is 34.8 Å². The molecule has 34 heavy (non-hydrogen) atoms. The third kappa shape index (κ3) is 4.73. The summed E-state index contributed by atoms with van der Waals surface area (Å²) in [5.41, 5.74) is 0.843. The highest BCUT2D eigenvalue weighted by atomic mass is 35.5. The van der Waals surface area contributed by atoms with Crippen LogP contribution in [-0.2, 0) is 4.79 Å². The SMILES string of the molecule is Cc1c(F)cc(NC(=O)[C@H]2[C@H](c3ccc(F)c(Cl)c3)C2(Cl)Cl)cc1C(=O)Nc1ccc(F)cc1. The number of rotatable bonds is 5. The number of alkyl halides is 2. The van der Waals surface area contributed by atoms with Gasteiger partial charge in [-0.2, -0.15) is 0 Å². The van der Waals surface area contributed by atoms with Crippen molar-refractivity contribution in [2.75, 3.05) is 10.6 Å². The lowest BCUT2D eigenvalue weighted by molar-refractivity contribution is -0.117. The van der Waals surface area contributed by atoms with Gasteiger partial charge >= 0.3 is 0 Å². The minimum Gasteiger partial charge on any atom is -0.326 e. The van der Waals surface area contributed by atoms with Crippen molar-refractivity contribution in [3.8, 4) is 0 Å². The Balaban J connectivity index is 1.54. The van der Waals surface area contributed by atoms with E-state index in [2.05, 4.69) is 10.6 Å². The topological polar surface area (TPSA) is 58.2 Å². The van der Waals surface area contributed by atoms with Gasteiger partial charge in [-0.05, 0) is 66.6 Å². The molecule has 1 aliphatic rings. The predicted molar refractivity (Wildman–Crippen MR) is 126 cm³/mol. The monoisotopic (exact) mass is 526 g/mol. The van der Waals surface area contributed by atoms with E-state index in [0.717, 1.165) is 12.1 Å². The molecule has 10 heteroatoms. The standard InChI is InChI=1S/C24H16Cl3F3N2O2/c1-11-16(22(33)31-14-5-3-13(28)4-6-14)9-15(10-19(11)30)32-23(34)21-20(24(21,26)27)12-2-7-18(29)17(25)8-12/h2-10,20-21H,1H3,(H,31,33)(H,32,34)/t20-,21+/m0/s1. The zero-order valence-corrected chi connectivity index (χ0v) is 19.7. The van der Waals surface area contributed by atoms with Gasteiger partial charge in [-0.1, -0.05) is 17.7 Å². The fraction of sp³-hybridized carbons (Fsp3) is 0.167. The van der Waals surface area contributed by atoms with Gasteiger partial charge in [0.15, 0.2) is 0 Å². The average Bonchev–Trinajstić information content (AvgIpc) is 3.36. The van der Waals surface area contributed by atoms with E-state index in [0.29, 0.717) is 11.3 Å². The molecule has 1 aliphatic carbocycles. The Labute approximate surface area is 208 Å². The maximum Gasteiger partial charge on any atom is 0.256 e. The Morgan fingerprint density at radius 1 is 0.882 bits per heavy atom. The lowest BCUT2D eigenvalue weighted by Crippen LogP contribution is -2.19. The van der Waals surface area contributed by atoms with Crippen LogP contribution in [0.2, 0.25) is 5.02 Å². The van der Waals surface area contributed by atoms with Gasteiger partial charge in [0.25, 0.3) is 5.91 Å². The molecule has 3 aromatic carbocycles. The first kappa shape index (κ1) is 24.4. The first-order valence-electron chi connectivity index (χ1n) is 9.99. The molecule has 4 nitrogen and oxygen atoms in total. The summed E-state index contributed by atoms with van der Waals surface area (Å²) < 4.78 is 39.7. The third-order valence-electron chi connectivity index (χ3n) is 5.60. The maximum atomic E-state index is 14.6. The molecule has 0 aliphatic heterocycles. The Bertz CT molecular complexity index is 1300. The van der Waals surface area contributed by atoms with Gasteiger partial charge < -0.3 is 10.6 Å². The Kier molecular flexibility index (Phi) is 6.55. The normalized spacial score (nSPS) is 18.3. The highest BCUT2D eigenvalue weighted by Crippen LogP contribution is 2.65. The number of carbonyl (C=O) groups is 2. The minimum atomic E-state index is -1.47. The third-order valence-corrected chi connectivity index (χ3v) is 6.83. The van der Waals surface area contributed by atoms with Crippen molar-refractivity contribution in [3.05, 3.63) is 93.8 Å². The van der Waals surface area contributed by atoms with E-state index >= 15 is 0 Å². The van der Waals surface area contributed by atoms with Crippen molar-refractivity contribution in [1.82, 2.24) is 0 Å². The number of carbonyl (C=O) groups excluding carboxylic acids is 2. The fourth-order valence-electron chi connectivity index (χ4n) is 3.71. The molecule has 2 amide bonds. The van der Waals surface area contributed by atoms with E-state index in [1.807, 2.05) is 0 Å². The van der Waals surface area contributed by atoms with Crippen LogP contribution in [0, 0.1) is 30.3 Å². The number of amides is 2. The first-order chi connectivity index (χ1) is 16.0. The molecule has 0 unspecified atom stereocenters. The van der Waals surface area contributed by atoms with Gasteiger partial charge in [0.05, 0.1) is 10.9 Å². The highest BCUT2D eigenvalue weighted by Gasteiger charge is 2.67. The van der Waals surface area contributed by atoms with Crippen molar-refractivity contribution < 1.29 is 22.8 Å². The summed E-state index contributed by atoms with van der Waals surface area (Å²) in [5.74, 6) is -4.65. The van der Waals surface area contributed by atoms with Crippen LogP contribution in [0.1, 0.15) is 27.4 Å². The largest absolute Gasteiger partial charge is 0.326 e. The molecule has 3 aromatic rings. The minimum absolute atomic E-state index is 0.0178. The van der Waals surface area contributed by atoms with Crippen molar-refractivity contribution in [1.29, 1.82) is 0 Å². The lowest BCUT2D eigenvalue weighted by atomic mass is 10.1. The van der Waals surface area contributed by atoms with Gasteiger partial charge in [-0.15, -0.1) is 23.2 Å². The van der Waals surface area contributed by atoms with Crippen molar-refractivity contribution in [2.45, 2.75) is 17.2 Å². The number of nitrogens with one attached hydrogen (secondary N) is 2. The molecule has 2 N–H and O–H groups in total. The van der Waals surface area contributed by atoms with Crippen molar-refractivity contribution in [3.63, 3.8) is 0 Å². The second kappa shape index (κ2) is 9.13. The Morgan fingerprint density at radius 2 is 1.56 bits per heavy atom. The van der Waals surface area contributed by atoms with E-state index < -0.39 is 45.4 Å². The number of hydrogen-bond acceptors (Lipinski definition) is 2. The number of hydrogen-bond donors (Lipinski definition) is 2. The van der Waals surface area contributed by atoms with E-state index in [1.165, 1.54) is 49.4 Å². The van der Waals surface area contributed by atoms with Crippen LogP contribution in [0.4, 0.5) is 24.5 Å². The zero-order chi connectivity index (χ0) is 24.8. The van der Waals surface area contributed by atoms with E-state index in [9.17, 15) is 22.8 Å². The molecular formula is C24H16Cl3F3N2O2. The molecule has 176 valence electrons. The maximum absolute atomic E-state index is 14.6. The summed E-state index contributed by atoms with van der Waals surface area (Å²) in [6.07, 6.45) is 0. The average molecular weight is 528 g/mol. The second-order valence-electron chi connectivity index (χ2n) is 7.88. The Morgan fingerprint density at radius 3 is 2.21 bits per heavy atom. The lowest BCUT2D eigenvalue weighted by Gasteiger charge is -2.12. The molecule has 0 bridgehead atoms. The molecule has 0 heterocycles. The smallest absolute Gasteiger partial charge is 0.256 e. The van der Waals surface area contributed by atoms with Gasteiger partial charge in [-0.25, -0.2) is 13.2 Å². The summed E-state index contributed by atoms with van der Waals surface area (Å²) in [6.45, 7) is 1.41. The van der Waals surface area contributed by atoms with Gasteiger partial charge in [0, 0.05) is 22.9 Å². The Hall–Kier alpha value is -2.74. The fourth-order valence-corrected chi connectivity index (χ4v) is 4.73. The molecule has 0 saturated heterocycles. The van der Waals surface area contributed by atoms with Gasteiger partial charge in [0.1, 0.15) is 21.8 Å². The molecule has 0 radical (unpaired) electrons. The number of benzene rings is 3. The van der Waals surface area contributed by atoms with E-state index in [-0.39, 0.29) is 21.8 Å². The summed E-state index contributed by atoms with van der Waals surface area (Å²) >= 11 is 18.4. The molecule has 2 atom stereocenters. The van der Waals surface area contributed by atoms with Gasteiger partial charge in [-0.3, -0.25) is 9.59 Å². The second-order valence-corrected chi connectivity index (χ2v) is 9.74. The molecule has 1 fully saturated rings. The number of halogens is 6. The van der Waals surface area contributed by atoms with Crippen LogP contribution in [0.15, 0.2) is 54.6 Å². The molecule has 4 rings (SSSR count). The van der Waals surface area contributed by atoms with Crippen LogP contribution in [-0.4, -0.2) is 16.1 Å². The van der Waals surface area contributed by atoms with Crippen molar-refractivity contribution in [2.24, 2.45) is 5.92 Å². The summed E-state index contributed by atoms with van der Waals surface area (Å²) in [6, 6.07) is 11.4. The summed E-state index contributed by atoms with van der Waals surface area (Å²) in [7, 11) is 0. The summed E-state index contributed by atoms with van der Waals surface area (Å²) in [4.78, 5) is 25.6. The number of anilines is 2. The molecular weight excluding hydrogens is 512 g/mol. The van der Waals surface area contributed by atoms with Crippen LogP contribution < -0.4 is 10.6 Å². The van der Waals surface area contributed by atoms with Crippen LogP contribution in [0.25, 0.3) is 0 Å². The van der Waals surface area contributed by atoms with E-state index in [4.69, 9.17) is 34.8 Å². The molecule has 1 saturated carbocycles. The highest BCUT2D eigenvalue weighted by molar-refractivity contribution is 6.53. The van der Waals surface area contributed by atoms with Crippen molar-refractivity contribution >= 4 is 58.0 Å². The van der Waals surface area contributed by atoms with Crippen LogP contribution in [0.3, 0.4) is 0 Å². The zero-order valence-electron chi connectivity index (χ0n) is 17.4. The summed E-state index contributed by atoms with van der Waals surface area (Å²) in [5, 5.41) is 4.95. The first-order valence-corrected chi connectivity index (χ1v) is 11.1. The predicted octanol–water partition coefficient (Wildman–Crippen LogP) is 6.84. The van der Waals surface area contributed by atoms with E-state index in [1.54, 1.807) is 0 Å².